The molecule has 1 saturated carbocycles. The molecule has 26 heavy (non-hydrogen) atoms. The maximum absolute atomic E-state index is 12.8. The molecule has 2 rings (SSSR count). The fraction of sp³-hybridized carbons (Fsp3) is 0.524. The molecule has 1 aromatic carbocycles. The normalized spacial score (nSPS) is 22.7. The van der Waals surface area contributed by atoms with Crippen molar-refractivity contribution in [3.8, 4) is 5.75 Å². The number of hydrogen-bond donors (Lipinski definition) is 0. The van der Waals surface area contributed by atoms with Crippen molar-refractivity contribution in [2.45, 2.75) is 52.2 Å². The monoisotopic (exact) mass is 360 g/mol. The Morgan fingerprint density at radius 2 is 1.88 bits per heavy atom. The largest absolute Gasteiger partial charge is 0.458 e. The molecule has 0 radical (unpaired) electrons. The van der Waals surface area contributed by atoms with Crippen molar-refractivity contribution in [2.24, 2.45) is 11.8 Å². The van der Waals surface area contributed by atoms with Crippen molar-refractivity contribution < 1.29 is 23.8 Å². The van der Waals surface area contributed by atoms with Crippen LogP contribution in [0.1, 0.15) is 50.4 Å². The molecule has 3 unspecified atom stereocenters. The smallest absolute Gasteiger partial charge is 0.342 e. The zero-order chi connectivity index (χ0) is 19.3. The highest BCUT2D eigenvalue weighted by molar-refractivity contribution is 5.95. The van der Waals surface area contributed by atoms with E-state index < -0.39 is 11.9 Å². The molecule has 0 N–H and O–H groups in total. The van der Waals surface area contributed by atoms with Crippen LogP contribution in [0, 0.1) is 11.8 Å². The quantitative estimate of drug-likeness (QED) is 0.433. The minimum Gasteiger partial charge on any atom is -0.458 e. The Labute approximate surface area is 155 Å². The Balaban J connectivity index is 2.17. The molecule has 0 spiro atoms. The van der Waals surface area contributed by atoms with Gasteiger partial charge in [0.05, 0.1) is 6.10 Å². The van der Waals surface area contributed by atoms with Gasteiger partial charge in [-0.05, 0) is 43.7 Å². The summed E-state index contributed by atoms with van der Waals surface area (Å²) in [4.78, 5) is 24.6. The molecule has 1 aliphatic rings. The Morgan fingerprint density at radius 3 is 2.50 bits per heavy atom. The minimum absolute atomic E-state index is 0.0966. The van der Waals surface area contributed by atoms with Gasteiger partial charge in [-0.15, -0.1) is 0 Å². The standard InChI is InChI=1S/C21H28O5/c1-13(2)16-11-10-15(24-5)12-19(16)26-21(23)17-8-6-7-9-18(17)25-20(22)14(3)4/h6-9,13,15-16,19H,3,10-12H2,1-2,4-5H3. The fourth-order valence-corrected chi connectivity index (χ4v) is 3.34. The van der Waals surface area contributed by atoms with Gasteiger partial charge in [-0.2, -0.15) is 0 Å². The molecule has 0 heterocycles. The number of para-hydroxylation sites is 1. The van der Waals surface area contributed by atoms with E-state index in [0.29, 0.717) is 12.3 Å². The molecule has 0 saturated heterocycles. The number of hydrogen-bond acceptors (Lipinski definition) is 5. The predicted octanol–water partition coefficient (Wildman–Crippen LogP) is 4.16. The van der Waals surface area contributed by atoms with Crippen LogP contribution in [0.4, 0.5) is 0 Å². The summed E-state index contributed by atoms with van der Waals surface area (Å²) in [6.45, 7) is 9.40. The Morgan fingerprint density at radius 1 is 1.19 bits per heavy atom. The molecule has 3 atom stereocenters. The number of ether oxygens (including phenoxy) is 3. The Bertz CT molecular complexity index is 664. The SMILES string of the molecule is C=C(C)C(=O)Oc1ccccc1C(=O)OC1CC(OC)CCC1C(C)C. The molecule has 1 aromatic rings. The Kier molecular flexibility index (Phi) is 6.98. The number of esters is 2. The van der Waals surface area contributed by atoms with Crippen molar-refractivity contribution >= 4 is 11.9 Å². The minimum atomic E-state index is -0.567. The number of methoxy groups -OCH3 is 1. The molecule has 5 nitrogen and oxygen atoms in total. The highest BCUT2D eigenvalue weighted by atomic mass is 16.6. The van der Waals surface area contributed by atoms with E-state index in [9.17, 15) is 9.59 Å². The van der Waals surface area contributed by atoms with Crippen LogP contribution in [0.5, 0.6) is 5.75 Å². The lowest BCUT2D eigenvalue weighted by Crippen LogP contribution is -2.39. The van der Waals surface area contributed by atoms with Crippen LogP contribution in [-0.4, -0.2) is 31.3 Å². The molecule has 0 bridgehead atoms. The van der Waals surface area contributed by atoms with Gasteiger partial charge in [0.2, 0.25) is 0 Å². The summed E-state index contributed by atoms with van der Waals surface area (Å²) >= 11 is 0. The van der Waals surface area contributed by atoms with Gasteiger partial charge < -0.3 is 14.2 Å². The van der Waals surface area contributed by atoms with E-state index in [2.05, 4.69) is 20.4 Å². The first-order valence-electron chi connectivity index (χ1n) is 9.04. The number of carbonyl (C=O) groups excluding carboxylic acids is 2. The molecule has 0 amide bonds. The van der Waals surface area contributed by atoms with E-state index in [-0.39, 0.29) is 35.0 Å². The van der Waals surface area contributed by atoms with E-state index in [4.69, 9.17) is 14.2 Å². The lowest BCUT2D eigenvalue weighted by molar-refractivity contribution is -0.130. The highest BCUT2D eigenvalue weighted by Gasteiger charge is 2.35. The number of rotatable bonds is 6. The first kappa shape index (κ1) is 20.2. The fourth-order valence-electron chi connectivity index (χ4n) is 3.34. The average Bonchev–Trinajstić information content (AvgIpc) is 2.61. The summed E-state index contributed by atoms with van der Waals surface area (Å²) in [5.41, 5.74) is 0.507. The van der Waals surface area contributed by atoms with E-state index in [1.54, 1.807) is 38.3 Å². The van der Waals surface area contributed by atoms with Crippen LogP contribution in [-0.2, 0) is 14.3 Å². The summed E-state index contributed by atoms with van der Waals surface area (Å²) < 4.78 is 16.6. The van der Waals surface area contributed by atoms with Gasteiger partial charge in [-0.1, -0.05) is 32.6 Å². The van der Waals surface area contributed by atoms with Crippen molar-refractivity contribution in [3.63, 3.8) is 0 Å². The third-order valence-corrected chi connectivity index (χ3v) is 4.90. The third kappa shape index (κ3) is 4.94. The van der Waals surface area contributed by atoms with Crippen molar-refractivity contribution in [3.05, 3.63) is 42.0 Å². The first-order chi connectivity index (χ1) is 12.3. The number of benzene rings is 1. The zero-order valence-electron chi connectivity index (χ0n) is 16.0. The van der Waals surface area contributed by atoms with Gasteiger partial charge in [0.15, 0.2) is 0 Å². The topological polar surface area (TPSA) is 61.8 Å². The van der Waals surface area contributed by atoms with Crippen molar-refractivity contribution in [1.29, 1.82) is 0 Å². The van der Waals surface area contributed by atoms with Gasteiger partial charge in [-0.3, -0.25) is 0 Å². The second-order valence-corrected chi connectivity index (χ2v) is 7.19. The lowest BCUT2D eigenvalue weighted by Gasteiger charge is -2.37. The van der Waals surface area contributed by atoms with E-state index >= 15 is 0 Å². The van der Waals surface area contributed by atoms with Gasteiger partial charge in [0.25, 0.3) is 0 Å². The average molecular weight is 360 g/mol. The first-order valence-corrected chi connectivity index (χ1v) is 9.04. The summed E-state index contributed by atoms with van der Waals surface area (Å²) in [6.07, 6.45) is 2.49. The predicted molar refractivity (Wildman–Crippen MR) is 99.1 cm³/mol. The van der Waals surface area contributed by atoms with E-state index in [1.807, 2.05) is 0 Å². The van der Waals surface area contributed by atoms with Gasteiger partial charge in [-0.25, -0.2) is 9.59 Å². The highest BCUT2D eigenvalue weighted by Crippen LogP contribution is 2.34. The summed E-state index contributed by atoms with van der Waals surface area (Å²) in [5.74, 6) is -0.173. The summed E-state index contributed by atoms with van der Waals surface area (Å²) in [7, 11) is 1.69. The van der Waals surface area contributed by atoms with Gasteiger partial charge in [0.1, 0.15) is 17.4 Å². The van der Waals surface area contributed by atoms with Crippen LogP contribution in [0.3, 0.4) is 0 Å². The van der Waals surface area contributed by atoms with Crippen LogP contribution in [0.15, 0.2) is 36.4 Å². The van der Waals surface area contributed by atoms with Crippen molar-refractivity contribution in [2.75, 3.05) is 7.11 Å². The molecule has 142 valence electrons. The van der Waals surface area contributed by atoms with Crippen LogP contribution >= 0.6 is 0 Å². The molecule has 1 aliphatic carbocycles. The van der Waals surface area contributed by atoms with Crippen LogP contribution < -0.4 is 4.74 Å². The molecular weight excluding hydrogens is 332 g/mol. The van der Waals surface area contributed by atoms with Crippen molar-refractivity contribution in [1.82, 2.24) is 0 Å². The van der Waals surface area contributed by atoms with Gasteiger partial charge >= 0.3 is 11.9 Å². The molecular formula is C21H28O5. The van der Waals surface area contributed by atoms with Crippen LogP contribution in [0.25, 0.3) is 0 Å². The summed E-state index contributed by atoms with van der Waals surface area (Å²) in [6, 6.07) is 6.60. The van der Waals surface area contributed by atoms with E-state index in [0.717, 1.165) is 12.8 Å². The molecule has 0 aliphatic heterocycles. The molecule has 5 heteroatoms. The lowest BCUT2D eigenvalue weighted by atomic mass is 9.78. The third-order valence-electron chi connectivity index (χ3n) is 4.90. The second-order valence-electron chi connectivity index (χ2n) is 7.19. The number of carbonyl (C=O) groups is 2. The second kappa shape index (κ2) is 8.99. The zero-order valence-corrected chi connectivity index (χ0v) is 16.0. The van der Waals surface area contributed by atoms with Gasteiger partial charge in [0, 0.05) is 19.1 Å². The summed E-state index contributed by atoms with van der Waals surface area (Å²) in [5, 5.41) is 0. The Hall–Kier alpha value is -2.14. The van der Waals surface area contributed by atoms with Crippen LogP contribution in [0.2, 0.25) is 0 Å². The molecule has 0 aromatic heterocycles. The maximum atomic E-state index is 12.8. The van der Waals surface area contributed by atoms with E-state index in [1.165, 1.54) is 0 Å². The molecule has 1 fully saturated rings. The maximum Gasteiger partial charge on any atom is 0.342 e.